The van der Waals surface area contributed by atoms with Crippen molar-refractivity contribution in [2.24, 2.45) is 5.92 Å². The zero-order valence-electron chi connectivity index (χ0n) is 8.08. The number of carbonyl (C=O) groups excluding carboxylic acids is 2. The van der Waals surface area contributed by atoms with Crippen molar-refractivity contribution in [3.63, 3.8) is 0 Å². The van der Waals surface area contributed by atoms with Crippen molar-refractivity contribution in [2.45, 2.75) is 6.42 Å². The Morgan fingerprint density at radius 1 is 1.50 bits per heavy atom. The lowest BCUT2D eigenvalue weighted by molar-refractivity contribution is -0.139. The molecule has 2 saturated heterocycles. The summed E-state index contributed by atoms with van der Waals surface area (Å²) in [7, 11) is 0. The molecule has 14 heavy (non-hydrogen) atoms. The molecule has 0 aliphatic carbocycles. The van der Waals surface area contributed by atoms with Gasteiger partial charge in [0, 0.05) is 19.5 Å². The van der Waals surface area contributed by atoms with Gasteiger partial charge in [-0.3, -0.25) is 9.59 Å². The van der Waals surface area contributed by atoms with E-state index >= 15 is 0 Å². The quantitative estimate of drug-likeness (QED) is 0.569. The Kier molecular flexibility index (Phi) is 2.67. The Bertz CT molecular complexity index is 250. The van der Waals surface area contributed by atoms with E-state index in [1.807, 2.05) is 0 Å². The van der Waals surface area contributed by atoms with E-state index in [2.05, 4.69) is 10.6 Å². The Labute approximate surface area is 82.8 Å². The molecule has 0 aromatic carbocycles. The lowest BCUT2D eigenvalue weighted by atomic mass is 9.98. The molecular weight excluding hydrogens is 182 g/mol. The third-order valence-corrected chi connectivity index (χ3v) is 2.72. The molecule has 0 bridgehead atoms. The largest absolute Gasteiger partial charge is 0.353 e. The van der Waals surface area contributed by atoms with E-state index in [0.717, 1.165) is 13.1 Å². The molecule has 2 rings (SSSR count). The smallest absolute Gasteiger partial charge is 0.239 e. The van der Waals surface area contributed by atoms with Crippen LogP contribution in [-0.4, -0.2) is 49.4 Å². The van der Waals surface area contributed by atoms with Gasteiger partial charge in [0.05, 0.1) is 6.54 Å². The number of rotatable bonds is 2. The maximum Gasteiger partial charge on any atom is 0.239 e. The van der Waals surface area contributed by atoms with Crippen LogP contribution in [0.25, 0.3) is 0 Å². The predicted octanol–water partition coefficient (Wildman–Crippen LogP) is -1.45. The molecule has 0 saturated carbocycles. The maximum atomic E-state index is 11.7. The SMILES string of the molecule is O=C1CN(C(=O)CC2CNC2)CCN1. The third-order valence-electron chi connectivity index (χ3n) is 2.72. The lowest BCUT2D eigenvalue weighted by Crippen LogP contribution is -2.52. The van der Waals surface area contributed by atoms with Crippen LogP contribution in [0, 0.1) is 5.92 Å². The van der Waals surface area contributed by atoms with Crippen molar-refractivity contribution in [1.82, 2.24) is 15.5 Å². The molecule has 0 aromatic heterocycles. The Morgan fingerprint density at radius 3 is 2.86 bits per heavy atom. The summed E-state index contributed by atoms with van der Waals surface area (Å²) in [5.41, 5.74) is 0. The van der Waals surface area contributed by atoms with Gasteiger partial charge in [0.25, 0.3) is 0 Å². The van der Waals surface area contributed by atoms with E-state index in [0.29, 0.717) is 25.4 Å². The van der Waals surface area contributed by atoms with E-state index in [-0.39, 0.29) is 18.4 Å². The van der Waals surface area contributed by atoms with Crippen LogP contribution in [0.2, 0.25) is 0 Å². The van der Waals surface area contributed by atoms with E-state index in [1.54, 1.807) is 4.90 Å². The number of piperazine rings is 1. The summed E-state index contributed by atoms with van der Waals surface area (Å²) in [5.74, 6) is 0.551. The van der Waals surface area contributed by atoms with Gasteiger partial charge in [-0.25, -0.2) is 0 Å². The first-order valence-electron chi connectivity index (χ1n) is 5.01. The highest BCUT2D eigenvalue weighted by Crippen LogP contribution is 2.10. The average Bonchev–Trinajstić information content (AvgIpc) is 2.11. The first kappa shape index (κ1) is 9.45. The first-order valence-corrected chi connectivity index (χ1v) is 5.01. The van der Waals surface area contributed by atoms with E-state index in [1.165, 1.54) is 0 Å². The highest BCUT2D eigenvalue weighted by molar-refractivity contribution is 5.86. The summed E-state index contributed by atoms with van der Waals surface area (Å²) in [6.45, 7) is 3.36. The summed E-state index contributed by atoms with van der Waals surface area (Å²) < 4.78 is 0. The zero-order chi connectivity index (χ0) is 9.97. The van der Waals surface area contributed by atoms with Crippen LogP contribution in [0.1, 0.15) is 6.42 Å². The van der Waals surface area contributed by atoms with Crippen molar-refractivity contribution in [1.29, 1.82) is 0 Å². The van der Waals surface area contributed by atoms with Gasteiger partial charge in [-0.1, -0.05) is 0 Å². The predicted molar refractivity (Wildman–Crippen MR) is 50.6 cm³/mol. The normalized spacial score (nSPS) is 22.9. The summed E-state index contributed by atoms with van der Waals surface area (Å²) >= 11 is 0. The van der Waals surface area contributed by atoms with Crippen molar-refractivity contribution in [3.8, 4) is 0 Å². The molecule has 0 radical (unpaired) electrons. The summed E-state index contributed by atoms with van der Waals surface area (Å²) in [6, 6.07) is 0. The topological polar surface area (TPSA) is 61.4 Å². The van der Waals surface area contributed by atoms with Crippen molar-refractivity contribution >= 4 is 11.8 Å². The fourth-order valence-corrected chi connectivity index (χ4v) is 1.72. The van der Waals surface area contributed by atoms with Crippen molar-refractivity contribution in [3.05, 3.63) is 0 Å². The second-order valence-corrected chi connectivity index (χ2v) is 3.89. The highest BCUT2D eigenvalue weighted by atomic mass is 16.2. The fourth-order valence-electron chi connectivity index (χ4n) is 1.72. The molecule has 78 valence electrons. The van der Waals surface area contributed by atoms with Crippen molar-refractivity contribution < 1.29 is 9.59 Å². The van der Waals surface area contributed by atoms with E-state index < -0.39 is 0 Å². The monoisotopic (exact) mass is 197 g/mol. The van der Waals surface area contributed by atoms with Crippen LogP contribution < -0.4 is 10.6 Å². The van der Waals surface area contributed by atoms with Gasteiger partial charge in [0.2, 0.25) is 11.8 Å². The molecule has 0 unspecified atom stereocenters. The molecular formula is C9H15N3O2. The minimum Gasteiger partial charge on any atom is -0.353 e. The second kappa shape index (κ2) is 3.96. The van der Waals surface area contributed by atoms with E-state index in [9.17, 15) is 9.59 Å². The lowest BCUT2D eigenvalue weighted by Gasteiger charge is -2.31. The van der Waals surface area contributed by atoms with Crippen LogP contribution in [-0.2, 0) is 9.59 Å². The molecule has 0 aromatic rings. The zero-order valence-corrected chi connectivity index (χ0v) is 8.08. The van der Waals surface area contributed by atoms with Crippen LogP contribution in [0.4, 0.5) is 0 Å². The number of hydrogen-bond donors (Lipinski definition) is 2. The minimum atomic E-state index is -0.0451. The van der Waals surface area contributed by atoms with E-state index in [4.69, 9.17) is 0 Å². The Hall–Kier alpha value is -1.10. The van der Waals surface area contributed by atoms with Gasteiger partial charge < -0.3 is 15.5 Å². The molecule has 0 spiro atoms. The maximum absolute atomic E-state index is 11.7. The molecule has 2 heterocycles. The number of nitrogens with one attached hydrogen (secondary N) is 2. The summed E-state index contributed by atoms with van der Waals surface area (Å²) in [6.07, 6.45) is 0.584. The third kappa shape index (κ3) is 2.04. The van der Waals surface area contributed by atoms with Gasteiger partial charge in [-0.15, -0.1) is 0 Å². The van der Waals surface area contributed by atoms with Gasteiger partial charge in [0.1, 0.15) is 0 Å². The van der Waals surface area contributed by atoms with Gasteiger partial charge in [-0.2, -0.15) is 0 Å². The van der Waals surface area contributed by atoms with Crippen molar-refractivity contribution in [2.75, 3.05) is 32.7 Å². The molecule has 2 aliphatic rings. The standard InChI is InChI=1S/C9H15N3O2/c13-8-6-12(2-1-11-8)9(14)3-7-4-10-5-7/h7,10H,1-6H2,(H,11,13). The Balaban J connectivity index is 1.80. The Morgan fingerprint density at radius 2 is 2.29 bits per heavy atom. The minimum absolute atomic E-state index is 0.0451. The number of hydrogen-bond acceptors (Lipinski definition) is 3. The molecule has 5 heteroatoms. The fraction of sp³-hybridized carbons (Fsp3) is 0.778. The average molecular weight is 197 g/mol. The number of nitrogens with zero attached hydrogens (tertiary/aromatic N) is 1. The van der Waals surface area contributed by atoms with Crippen LogP contribution >= 0.6 is 0 Å². The summed E-state index contributed by atoms with van der Waals surface area (Å²) in [5, 5.41) is 5.83. The van der Waals surface area contributed by atoms with Gasteiger partial charge in [-0.05, 0) is 19.0 Å². The molecule has 2 amide bonds. The highest BCUT2D eigenvalue weighted by Gasteiger charge is 2.26. The molecule has 2 fully saturated rings. The molecule has 2 N–H and O–H groups in total. The van der Waals surface area contributed by atoms with Crippen LogP contribution in [0.5, 0.6) is 0 Å². The van der Waals surface area contributed by atoms with Crippen LogP contribution in [0.3, 0.4) is 0 Å². The first-order chi connectivity index (χ1) is 6.75. The second-order valence-electron chi connectivity index (χ2n) is 3.89. The van der Waals surface area contributed by atoms with Crippen LogP contribution in [0.15, 0.2) is 0 Å². The number of amides is 2. The van der Waals surface area contributed by atoms with Gasteiger partial charge in [0.15, 0.2) is 0 Å². The molecule has 2 aliphatic heterocycles. The van der Waals surface area contributed by atoms with Gasteiger partial charge >= 0.3 is 0 Å². The summed E-state index contributed by atoms with van der Waals surface area (Å²) in [4.78, 5) is 24.3. The molecule has 0 atom stereocenters. The number of carbonyl (C=O) groups is 2. The molecule has 5 nitrogen and oxygen atoms in total.